The van der Waals surface area contributed by atoms with Crippen LogP contribution >= 0.6 is 0 Å². The largest absolute Gasteiger partial charge is 0.464 e. The SMILES string of the molecule is COC1CC(N(Cc2ccc(C)o2)C(=O)Nc2ccc(C#N)cc2)C1. The van der Waals surface area contributed by atoms with Gasteiger partial charge in [0.1, 0.15) is 11.5 Å². The number of ether oxygens (including phenoxy) is 1. The molecule has 0 unspecified atom stereocenters. The maximum absolute atomic E-state index is 12.8. The number of nitrogens with zero attached hydrogens (tertiary/aromatic N) is 2. The Kier molecular flexibility index (Phi) is 5.05. The number of carbonyl (C=O) groups excluding carboxylic acids is 1. The van der Waals surface area contributed by atoms with E-state index < -0.39 is 0 Å². The molecular weight excluding hydrogens is 318 g/mol. The van der Waals surface area contributed by atoms with E-state index in [-0.39, 0.29) is 18.2 Å². The summed E-state index contributed by atoms with van der Waals surface area (Å²) in [7, 11) is 1.69. The third-order valence-electron chi connectivity index (χ3n) is 4.49. The smallest absolute Gasteiger partial charge is 0.322 e. The fraction of sp³-hybridized carbons (Fsp3) is 0.368. The molecule has 0 aliphatic heterocycles. The van der Waals surface area contributed by atoms with Gasteiger partial charge in [0.15, 0.2) is 0 Å². The van der Waals surface area contributed by atoms with E-state index in [4.69, 9.17) is 14.4 Å². The molecule has 0 spiro atoms. The van der Waals surface area contributed by atoms with Gasteiger partial charge in [-0.3, -0.25) is 0 Å². The van der Waals surface area contributed by atoms with Crippen molar-refractivity contribution < 1.29 is 13.9 Å². The normalized spacial score (nSPS) is 18.9. The summed E-state index contributed by atoms with van der Waals surface area (Å²) >= 11 is 0. The molecule has 1 aromatic carbocycles. The van der Waals surface area contributed by atoms with Crippen LogP contribution in [0.2, 0.25) is 0 Å². The van der Waals surface area contributed by atoms with Gasteiger partial charge < -0.3 is 19.4 Å². The summed E-state index contributed by atoms with van der Waals surface area (Å²) in [6.45, 7) is 2.30. The van der Waals surface area contributed by atoms with Crippen molar-refractivity contribution in [3.8, 4) is 6.07 Å². The molecule has 6 heteroatoms. The number of urea groups is 1. The van der Waals surface area contributed by atoms with Gasteiger partial charge in [0.2, 0.25) is 0 Å². The van der Waals surface area contributed by atoms with Crippen molar-refractivity contribution in [1.82, 2.24) is 4.90 Å². The number of anilines is 1. The highest BCUT2D eigenvalue weighted by Crippen LogP contribution is 2.30. The fourth-order valence-corrected chi connectivity index (χ4v) is 2.91. The topological polar surface area (TPSA) is 78.5 Å². The Labute approximate surface area is 147 Å². The van der Waals surface area contributed by atoms with E-state index in [2.05, 4.69) is 11.4 Å². The minimum atomic E-state index is -0.182. The van der Waals surface area contributed by atoms with Gasteiger partial charge in [0, 0.05) is 18.8 Å². The number of nitriles is 1. The second-order valence-corrected chi connectivity index (χ2v) is 6.24. The van der Waals surface area contributed by atoms with Gasteiger partial charge in [0.05, 0.1) is 24.3 Å². The predicted octanol–water partition coefficient (Wildman–Crippen LogP) is 3.67. The Hall–Kier alpha value is -2.78. The Bertz CT molecular complexity index is 770. The number of furan rings is 1. The molecule has 1 heterocycles. The number of carbonyl (C=O) groups is 1. The maximum atomic E-state index is 12.8. The van der Waals surface area contributed by atoms with E-state index >= 15 is 0 Å². The lowest BCUT2D eigenvalue weighted by molar-refractivity contribution is -0.0161. The monoisotopic (exact) mass is 339 g/mol. The molecule has 6 nitrogen and oxygen atoms in total. The molecule has 2 aromatic rings. The Morgan fingerprint density at radius 1 is 1.32 bits per heavy atom. The van der Waals surface area contributed by atoms with Gasteiger partial charge in [-0.25, -0.2) is 4.79 Å². The number of rotatable bonds is 5. The summed E-state index contributed by atoms with van der Waals surface area (Å²) in [5.74, 6) is 1.58. The Morgan fingerprint density at radius 2 is 2.04 bits per heavy atom. The van der Waals surface area contributed by atoms with Crippen LogP contribution in [0.15, 0.2) is 40.8 Å². The summed E-state index contributed by atoms with van der Waals surface area (Å²) in [5, 5.41) is 11.8. The molecule has 0 radical (unpaired) electrons. The van der Waals surface area contributed by atoms with Gasteiger partial charge in [-0.1, -0.05) is 0 Å². The van der Waals surface area contributed by atoms with Crippen LogP contribution in [0.5, 0.6) is 0 Å². The van der Waals surface area contributed by atoms with Crippen LogP contribution in [0.1, 0.15) is 29.9 Å². The highest BCUT2D eigenvalue weighted by molar-refractivity contribution is 5.89. The molecule has 0 bridgehead atoms. The third-order valence-corrected chi connectivity index (χ3v) is 4.49. The van der Waals surface area contributed by atoms with Gasteiger partial charge in [-0.2, -0.15) is 5.26 Å². The van der Waals surface area contributed by atoms with Gasteiger partial charge >= 0.3 is 6.03 Å². The average Bonchev–Trinajstić information content (AvgIpc) is 2.98. The molecule has 3 rings (SSSR count). The molecule has 0 saturated heterocycles. The first-order chi connectivity index (χ1) is 12.1. The van der Waals surface area contributed by atoms with Crippen molar-refractivity contribution in [3.05, 3.63) is 53.5 Å². The predicted molar refractivity (Wildman–Crippen MR) is 93.0 cm³/mol. The van der Waals surface area contributed by atoms with Gasteiger partial charge in [0.25, 0.3) is 0 Å². The first-order valence-electron chi connectivity index (χ1n) is 8.25. The van der Waals surface area contributed by atoms with E-state index in [1.165, 1.54) is 0 Å². The lowest BCUT2D eigenvalue weighted by Gasteiger charge is -2.41. The standard InChI is InChI=1S/C19H21N3O3/c1-13-3-8-17(25-13)12-22(16-9-18(10-16)24-2)19(23)21-15-6-4-14(11-20)5-7-15/h3-8,16,18H,9-10,12H2,1-2H3,(H,21,23). The number of aryl methyl sites for hydroxylation is 1. The summed E-state index contributed by atoms with van der Waals surface area (Å²) in [5.41, 5.74) is 1.22. The molecule has 1 saturated carbocycles. The number of hydrogen-bond acceptors (Lipinski definition) is 4. The lowest BCUT2D eigenvalue weighted by atomic mass is 9.88. The van der Waals surface area contributed by atoms with Crippen LogP contribution < -0.4 is 5.32 Å². The van der Waals surface area contributed by atoms with Crippen molar-refractivity contribution in [1.29, 1.82) is 5.26 Å². The van der Waals surface area contributed by atoms with Crippen molar-refractivity contribution in [2.75, 3.05) is 12.4 Å². The van der Waals surface area contributed by atoms with Crippen LogP contribution in [-0.2, 0) is 11.3 Å². The molecule has 25 heavy (non-hydrogen) atoms. The molecule has 2 amide bonds. The maximum Gasteiger partial charge on any atom is 0.322 e. The quantitative estimate of drug-likeness (QED) is 0.901. The van der Waals surface area contributed by atoms with E-state index in [0.29, 0.717) is 17.8 Å². The second kappa shape index (κ2) is 7.41. The lowest BCUT2D eigenvalue weighted by Crippen LogP contribution is -2.51. The number of nitrogens with one attached hydrogen (secondary N) is 1. The van der Waals surface area contributed by atoms with E-state index in [1.807, 2.05) is 19.1 Å². The average molecular weight is 339 g/mol. The van der Waals surface area contributed by atoms with Crippen molar-refractivity contribution >= 4 is 11.7 Å². The van der Waals surface area contributed by atoms with Crippen LogP contribution in [-0.4, -0.2) is 30.2 Å². The van der Waals surface area contributed by atoms with E-state index in [9.17, 15) is 4.79 Å². The highest BCUT2D eigenvalue weighted by atomic mass is 16.5. The first-order valence-corrected chi connectivity index (χ1v) is 8.25. The molecule has 1 fully saturated rings. The zero-order valence-corrected chi connectivity index (χ0v) is 14.4. The van der Waals surface area contributed by atoms with Crippen molar-refractivity contribution in [2.45, 2.75) is 38.5 Å². The number of benzene rings is 1. The summed E-state index contributed by atoms with van der Waals surface area (Å²) in [6, 6.07) is 12.6. The third kappa shape index (κ3) is 4.01. The molecule has 1 aromatic heterocycles. The highest BCUT2D eigenvalue weighted by Gasteiger charge is 2.36. The number of hydrogen-bond donors (Lipinski definition) is 1. The molecular formula is C19H21N3O3. The van der Waals surface area contributed by atoms with Gasteiger partial charge in [-0.15, -0.1) is 0 Å². The summed E-state index contributed by atoms with van der Waals surface area (Å²) in [6.07, 6.45) is 1.84. The minimum absolute atomic E-state index is 0.119. The van der Waals surface area contributed by atoms with Crippen LogP contribution in [0.25, 0.3) is 0 Å². The van der Waals surface area contributed by atoms with E-state index in [0.717, 1.165) is 24.4 Å². The fourth-order valence-electron chi connectivity index (χ4n) is 2.91. The van der Waals surface area contributed by atoms with Gasteiger partial charge in [-0.05, 0) is 56.2 Å². The van der Waals surface area contributed by atoms with E-state index in [1.54, 1.807) is 36.3 Å². The first kappa shape index (κ1) is 17.1. The second-order valence-electron chi connectivity index (χ2n) is 6.24. The number of amides is 2. The van der Waals surface area contributed by atoms with Crippen molar-refractivity contribution in [3.63, 3.8) is 0 Å². The molecule has 0 atom stereocenters. The number of methoxy groups -OCH3 is 1. The Morgan fingerprint density at radius 3 is 2.60 bits per heavy atom. The van der Waals surface area contributed by atoms with Crippen molar-refractivity contribution in [2.24, 2.45) is 0 Å². The van der Waals surface area contributed by atoms with Crippen LogP contribution in [0.3, 0.4) is 0 Å². The molecule has 1 aliphatic rings. The minimum Gasteiger partial charge on any atom is -0.464 e. The zero-order valence-electron chi connectivity index (χ0n) is 14.4. The summed E-state index contributed by atoms with van der Waals surface area (Å²) < 4.78 is 11.0. The van der Waals surface area contributed by atoms with Crippen LogP contribution in [0, 0.1) is 18.3 Å². The Balaban J connectivity index is 1.70. The molecule has 1 aliphatic carbocycles. The molecule has 130 valence electrons. The molecule has 1 N–H and O–H groups in total. The van der Waals surface area contributed by atoms with Crippen LogP contribution in [0.4, 0.5) is 10.5 Å². The zero-order chi connectivity index (χ0) is 17.8. The summed E-state index contributed by atoms with van der Waals surface area (Å²) in [4.78, 5) is 14.6.